The van der Waals surface area contributed by atoms with Crippen molar-refractivity contribution in [1.82, 2.24) is 9.47 Å². The first-order chi connectivity index (χ1) is 9.66. The molecule has 0 saturated carbocycles. The van der Waals surface area contributed by atoms with Gasteiger partial charge in [0.2, 0.25) is 0 Å². The molecule has 0 fully saturated rings. The number of hydrogen-bond donors (Lipinski definition) is 1. The highest BCUT2D eigenvalue weighted by Crippen LogP contribution is 2.31. The first kappa shape index (κ1) is 15.3. The van der Waals surface area contributed by atoms with Crippen LogP contribution in [0.25, 0.3) is 10.9 Å². The fourth-order valence-corrected chi connectivity index (χ4v) is 3.99. The van der Waals surface area contributed by atoms with Crippen molar-refractivity contribution in [3.05, 3.63) is 30.0 Å². The molecule has 0 bridgehead atoms. The highest BCUT2D eigenvalue weighted by Gasteiger charge is 2.18. The van der Waals surface area contributed by atoms with Crippen LogP contribution in [0.2, 0.25) is 0 Å². The molecule has 4 heteroatoms. The van der Waals surface area contributed by atoms with Gasteiger partial charge in [0.25, 0.3) is 0 Å². The minimum absolute atomic E-state index is 0.273. The van der Waals surface area contributed by atoms with Crippen molar-refractivity contribution < 1.29 is 0 Å². The van der Waals surface area contributed by atoms with Gasteiger partial charge in [-0.25, -0.2) is 0 Å². The molecular formula is C16H25N3S. The number of likely N-dealkylation sites (N-methyl/N-ethyl adjacent to an activating group) is 1. The van der Waals surface area contributed by atoms with Crippen LogP contribution in [0.4, 0.5) is 0 Å². The molecule has 2 heterocycles. The van der Waals surface area contributed by atoms with Crippen molar-refractivity contribution >= 4 is 21.6 Å². The number of aromatic nitrogens is 1. The van der Waals surface area contributed by atoms with E-state index in [9.17, 15) is 0 Å². The van der Waals surface area contributed by atoms with E-state index < -0.39 is 0 Å². The van der Waals surface area contributed by atoms with Crippen molar-refractivity contribution in [3.63, 3.8) is 0 Å². The monoisotopic (exact) mass is 291 g/mol. The van der Waals surface area contributed by atoms with Crippen LogP contribution in [0.5, 0.6) is 0 Å². The van der Waals surface area contributed by atoms with Gasteiger partial charge in [0.05, 0.1) is 0 Å². The lowest BCUT2D eigenvalue weighted by atomic mass is 10.1. The van der Waals surface area contributed by atoms with E-state index in [4.69, 9.17) is 4.78 Å². The Morgan fingerprint density at radius 1 is 1.25 bits per heavy atom. The molecule has 20 heavy (non-hydrogen) atoms. The molecule has 1 aliphatic heterocycles. The first-order valence-electron chi connectivity index (χ1n) is 7.34. The van der Waals surface area contributed by atoms with Gasteiger partial charge in [-0.1, -0.05) is 24.5 Å². The number of benzene rings is 1. The summed E-state index contributed by atoms with van der Waals surface area (Å²) >= 11 is 0. The van der Waals surface area contributed by atoms with Crippen molar-refractivity contribution in [1.29, 1.82) is 4.78 Å². The van der Waals surface area contributed by atoms with Gasteiger partial charge in [-0.15, -0.1) is 0 Å². The molecule has 3 nitrogen and oxygen atoms in total. The van der Waals surface area contributed by atoms with E-state index >= 15 is 0 Å². The molecule has 0 amide bonds. The number of rotatable bonds is 3. The highest BCUT2D eigenvalue weighted by atomic mass is 32.2. The molecule has 0 saturated heterocycles. The van der Waals surface area contributed by atoms with Gasteiger partial charge in [-0.3, -0.25) is 4.78 Å². The predicted octanol–water partition coefficient (Wildman–Crippen LogP) is 3.52. The van der Waals surface area contributed by atoms with Crippen LogP contribution >= 0.6 is 0 Å². The normalized spacial score (nSPS) is 17.1. The zero-order valence-electron chi connectivity index (χ0n) is 12.9. The van der Waals surface area contributed by atoms with E-state index in [1.807, 2.05) is 13.8 Å². The van der Waals surface area contributed by atoms with Gasteiger partial charge < -0.3 is 9.47 Å². The third-order valence-electron chi connectivity index (χ3n) is 3.63. The molecule has 110 valence electrons. The Balaban J connectivity index is 0.000000704. The van der Waals surface area contributed by atoms with Crippen molar-refractivity contribution in [2.75, 3.05) is 26.4 Å². The summed E-state index contributed by atoms with van der Waals surface area (Å²) in [5, 5.41) is 1.37. The molecule has 0 radical (unpaired) electrons. The first-order valence-corrected chi connectivity index (χ1v) is 8.74. The summed E-state index contributed by atoms with van der Waals surface area (Å²) in [5.41, 5.74) is 2.75. The molecule has 1 aliphatic rings. The van der Waals surface area contributed by atoms with Crippen LogP contribution in [0.3, 0.4) is 0 Å². The maximum absolute atomic E-state index is 8.05. The summed E-state index contributed by atoms with van der Waals surface area (Å²) in [6.07, 6.45) is 3.27. The standard InChI is InChI=1S/C14H19N3S.C2H6/c1-16(2)8-9-17-7-5-11-12-6-10-18(15)14(12)4-3-13(11)17;1-2/h3-5,7,15H,6,8-10H2,1-2H3;1-2H3. The van der Waals surface area contributed by atoms with E-state index in [2.05, 4.69) is 48.0 Å². The van der Waals surface area contributed by atoms with E-state index in [1.165, 1.54) is 21.4 Å². The Morgan fingerprint density at radius 2 is 2.00 bits per heavy atom. The van der Waals surface area contributed by atoms with Crippen LogP contribution < -0.4 is 0 Å². The van der Waals surface area contributed by atoms with E-state index in [1.54, 1.807) is 0 Å². The molecule has 1 aromatic heterocycles. The largest absolute Gasteiger partial charge is 0.346 e. The van der Waals surface area contributed by atoms with E-state index in [0.717, 1.165) is 25.3 Å². The smallest absolute Gasteiger partial charge is 0.0484 e. The zero-order valence-corrected chi connectivity index (χ0v) is 13.8. The lowest BCUT2D eigenvalue weighted by molar-refractivity contribution is 0.387. The summed E-state index contributed by atoms with van der Waals surface area (Å²) in [6, 6.07) is 6.60. The topological polar surface area (TPSA) is 32.0 Å². The van der Waals surface area contributed by atoms with Crippen LogP contribution in [-0.2, 0) is 23.7 Å². The average Bonchev–Trinajstić information content (AvgIpc) is 3.02. The minimum Gasteiger partial charge on any atom is -0.346 e. The summed E-state index contributed by atoms with van der Waals surface area (Å²) in [7, 11) is 3.94. The molecule has 1 N–H and O–H groups in total. The minimum atomic E-state index is -0.273. The van der Waals surface area contributed by atoms with Gasteiger partial charge in [0, 0.05) is 40.8 Å². The number of hydrogen-bond acceptors (Lipinski definition) is 2. The second-order valence-electron chi connectivity index (χ2n) is 5.13. The van der Waals surface area contributed by atoms with E-state index in [-0.39, 0.29) is 10.7 Å². The molecule has 1 unspecified atom stereocenters. The SMILES string of the molecule is CC.CN(C)CCn1ccc2c3c(ccc21)S(=N)CC3. The third kappa shape index (κ3) is 2.81. The molecule has 0 spiro atoms. The lowest BCUT2D eigenvalue weighted by Crippen LogP contribution is -2.17. The van der Waals surface area contributed by atoms with Crippen LogP contribution in [0.1, 0.15) is 19.4 Å². The Labute approximate surface area is 124 Å². The molecule has 3 rings (SSSR count). The quantitative estimate of drug-likeness (QED) is 0.922. The van der Waals surface area contributed by atoms with Crippen LogP contribution in [0.15, 0.2) is 29.3 Å². The maximum Gasteiger partial charge on any atom is 0.0484 e. The Hall–Kier alpha value is -1.13. The number of fused-ring (bicyclic) bond motifs is 3. The second-order valence-corrected chi connectivity index (χ2v) is 6.76. The predicted molar refractivity (Wildman–Crippen MR) is 88.8 cm³/mol. The molecule has 1 atom stereocenters. The molecule has 2 aromatic rings. The van der Waals surface area contributed by atoms with Crippen molar-refractivity contribution in [2.24, 2.45) is 0 Å². The second kappa shape index (κ2) is 6.55. The summed E-state index contributed by atoms with van der Waals surface area (Å²) < 4.78 is 10.4. The fourth-order valence-electron chi connectivity index (χ4n) is 2.62. The van der Waals surface area contributed by atoms with Gasteiger partial charge in [0.15, 0.2) is 0 Å². The summed E-state index contributed by atoms with van der Waals surface area (Å²) in [4.78, 5) is 3.48. The maximum atomic E-state index is 8.05. The molecule has 0 aliphatic carbocycles. The Kier molecular flexibility index (Phi) is 5.00. The summed E-state index contributed by atoms with van der Waals surface area (Å²) in [5.74, 6) is 1.01. The Bertz CT molecular complexity index is 613. The van der Waals surface area contributed by atoms with Gasteiger partial charge in [0.1, 0.15) is 0 Å². The number of nitrogens with one attached hydrogen (secondary N) is 1. The van der Waals surface area contributed by atoms with Gasteiger partial charge in [-0.05, 0) is 44.3 Å². The lowest BCUT2D eigenvalue weighted by Gasteiger charge is -2.11. The highest BCUT2D eigenvalue weighted by molar-refractivity contribution is 7.86. The number of nitrogens with zero attached hydrogens (tertiary/aromatic N) is 2. The zero-order chi connectivity index (χ0) is 14.7. The van der Waals surface area contributed by atoms with E-state index in [0.29, 0.717) is 0 Å². The third-order valence-corrected chi connectivity index (χ3v) is 5.16. The average molecular weight is 291 g/mol. The molecular weight excluding hydrogens is 266 g/mol. The van der Waals surface area contributed by atoms with Crippen LogP contribution in [0, 0.1) is 4.78 Å². The summed E-state index contributed by atoms with van der Waals surface area (Å²) in [6.45, 7) is 6.09. The van der Waals surface area contributed by atoms with Gasteiger partial charge >= 0.3 is 0 Å². The van der Waals surface area contributed by atoms with Crippen molar-refractivity contribution in [2.45, 2.75) is 31.7 Å². The number of aryl methyl sites for hydroxylation is 1. The molecule has 1 aromatic carbocycles. The fraction of sp³-hybridized carbons (Fsp3) is 0.500. The van der Waals surface area contributed by atoms with Crippen LogP contribution in [-0.4, -0.2) is 35.9 Å². The van der Waals surface area contributed by atoms with Gasteiger partial charge in [-0.2, -0.15) is 0 Å². The Morgan fingerprint density at radius 3 is 2.70 bits per heavy atom. The van der Waals surface area contributed by atoms with Crippen molar-refractivity contribution in [3.8, 4) is 0 Å².